The molecule has 0 spiro atoms. The van der Waals surface area contributed by atoms with E-state index in [0.29, 0.717) is 0 Å². The molecular weight excluding hydrogens is 504 g/mol. The van der Waals surface area contributed by atoms with E-state index in [1.165, 1.54) is 12.1 Å². The predicted octanol–water partition coefficient (Wildman–Crippen LogP) is 1.15. The Morgan fingerprint density at radius 3 is 2.21 bits per heavy atom. The van der Waals surface area contributed by atoms with Crippen LogP contribution in [0.4, 0.5) is 0 Å². The first-order valence-corrected chi connectivity index (χ1v) is 11.4. The molecule has 0 saturated carbocycles. The summed E-state index contributed by atoms with van der Waals surface area (Å²) in [7, 11) is 0. The molecule has 2 heterocycles. The summed E-state index contributed by atoms with van der Waals surface area (Å²) in [5.41, 5.74) is -1.54. The number of ether oxygens (including phenoxy) is 2. The topological polar surface area (TPSA) is 207 Å². The average molecular weight is 526 g/mol. The van der Waals surface area contributed by atoms with Crippen molar-refractivity contribution in [3.8, 4) is 23.0 Å². The third-order valence-electron chi connectivity index (χ3n) is 6.44. The number of phenols is 4. The van der Waals surface area contributed by atoms with Gasteiger partial charge in [0, 0.05) is 12.1 Å². The van der Waals surface area contributed by atoms with Crippen LogP contribution in [0.3, 0.4) is 0 Å². The molecule has 5 rings (SSSR count). The van der Waals surface area contributed by atoms with Gasteiger partial charge in [-0.3, -0.25) is 4.79 Å². The van der Waals surface area contributed by atoms with Crippen LogP contribution in [0.1, 0.15) is 22.0 Å². The Bertz CT molecular complexity index is 1600. The molecule has 0 aliphatic carbocycles. The number of hydrogen-bond acceptors (Lipinski definition) is 12. The molecule has 5 unspecified atom stereocenters. The van der Waals surface area contributed by atoms with Gasteiger partial charge in [0.05, 0.1) is 16.5 Å². The molecule has 0 radical (unpaired) electrons. The summed E-state index contributed by atoms with van der Waals surface area (Å²) >= 11 is 0. The molecule has 12 nitrogen and oxygen atoms in total. The molecule has 0 bridgehead atoms. The summed E-state index contributed by atoms with van der Waals surface area (Å²) in [6.45, 7) is -0.556. The van der Waals surface area contributed by atoms with Crippen molar-refractivity contribution in [2.45, 2.75) is 30.5 Å². The van der Waals surface area contributed by atoms with E-state index in [4.69, 9.17) is 13.9 Å². The van der Waals surface area contributed by atoms with Crippen molar-refractivity contribution in [2.75, 3.05) is 6.61 Å². The standard InChI is InChI=1S/C26H22O12/c27-12-6-11-15(7-13(12)28)37-16-8-14(29)18(22(32)19(16)20(11)30)25-24(34)23(33)21(31)17(38-25)9-36-26(35)10-4-2-1-3-5-10/h1-8,17,21,23-25,27-29,31-34H,9H2. The second-order valence-electron chi connectivity index (χ2n) is 8.83. The second-order valence-corrected chi connectivity index (χ2v) is 8.83. The van der Waals surface area contributed by atoms with Gasteiger partial charge in [-0.15, -0.1) is 0 Å². The number of fused-ring (bicyclic) bond motifs is 2. The summed E-state index contributed by atoms with van der Waals surface area (Å²) < 4.78 is 16.4. The Labute approximate surface area is 212 Å². The van der Waals surface area contributed by atoms with Gasteiger partial charge in [0.15, 0.2) is 11.5 Å². The first-order valence-electron chi connectivity index (χ1n) is 11.4. The highest BCUT2D eigenvalue weighted by Crippen LogP contribution is 2.45. The number of rotatable bonds is 4. The summed E-state index contributed by atoms with van der Waals surface area (Å²) in [5, 5.41) is 72.1. The number of phenolic OH excluding ortho intramolecular Hbond substituents is 4. The fourth-order valence-corrected chi connectivity index (χ4v) is 4.44. The lowest BCUT2D eigenvalue weighted by molar-refractivity contribution is -0.232. The van der Waals surface area contributed by atoms with E-state index in [2.05, 4.69) is 0 Å². The van der Waals surface area contributed by atoms with Crippen LogP contribution >= 0.6 is 0 Å². The van der Waals surface area contributed by atoms with Crippen LogP contribution in [0.2, 0.25) is 0 Å². The molecule has 4 aromatic rings. The van der Waals surface area contributed by atoms with Crippen LogP contribution in [0.25, 0.3) is 21.9 Å². The highest BCUT2D eigenvalue weighted by molar-refractivity contribution is 5.96. The normalized spacial score (nSPS) is 23.5. The fraction of sp³-hybridized carbons (Fsp3) is 0.231. The maximum atomic E-state index is 13.1. The minimum atomic E-state index is -1.88. The summed E-state index contributed by atoms with van der Waals surface area (Å²) in [5.74, 6) is -3.45. The Morgan fingerprint density at radius 1 is 0.842 bits per heavy atom. The van der Waals surface area contributed by atoms with E-state index >= 15 is 0 Å². The van der Waals surface area contributed by atoms with Gasteiger partial charge in [-0.2, -0.15) is 0 Å². The SMILES string of the molecule is O=C(OCC1OC(c2c(O)cc3oc4cc(O)c(O)cc4c(=O)c3c2O)C(O)C(O)C1O)c1ccccc1. The molecule has 12 heteroatoms. The molecule has 3 aromatic carbocycles. The highest BCUT2D eigenvalue weighted by Gasteiger charge is 2.46. The van der Waals surface area contributed by atoms with Crippen LogP contribution in [0.5, 0.6) is 23.0 Å². The number of aromatic hydroxyl groups is 4. The maximum Gasteiger partial charge on any atom is 0.338 e. The second kappa shape index (κ2) is 9.50. The number of benzene rings is 3. The van der Waals surface area contributed by atoms with Gasteiger partial charge in [-0.05, 0) is 18.2 Å². The lowest BCUT2D eigenvalue weighted by atomic mass is 9.89. The number of aliphatic hydroxyl groups excluding tert-OH is 3. The first-order chi connectivity index (χ1) is 18.1. The van der Waals surface area contributed by atoms with Crippen LogP contribution < -0.4 is 5.43 Å². The minimum Gasteiger partial charge on any atom is -0.507 e. The van der Waals surface area contributed by atoms with E-state index in [0.717, 1.165) is 18.2 Å². The monoisotopic (exact) mass is 526 g/mol. The molecule has 1 aromatic heterocycles. The van der Waals surface area contributed by atoms with Crippen molar-refractivity contribution in [2.24, 2.45) is 0 Å². The molecule has 1 saturated heterocycles. The van der Waals surface area contributed by atoms with Crippen LogP contribution in [-0.2, 0) is 9.47 Å². The molecule has 5 atom stereocenters. The van der Waals surface area contributed by atoms with Gasteiger partial charge in [0.25, 0.3) is 0 Å². The summed E-state index contributed by atoms with van der Waals surface area (Å²) in [6.07, 6.45) is -8.51. The predicted molar refractivity (Wildman–Crippen MR) is 129 cm³/mol. The molecule has 1 fully saturated rings. The van der Waals surface area contributed by atoms with Crippen molar-refractivity contribution in [3.05, 3.63) is 69.9 Å². The molecule has 198 valence electrons. The van der Waals surface area contributed by atoms with E-state index in [1.54, 1.807) is 18.2 Å². The van der Waals surface area contributed by atoms with E-state index in [9.17, 15) is 45.3 Å². The van der Waals surface area contributed by atoms with E-state index in [-0.39, 0.29) is 22.1 Å². The zero-order valence-electron chi connectivity index (χ0n) is 19.4. The zero-order valence-corrected chi connectivity index (χ0v) is 19.4. The average Bonchev–Trinajstić information content (AvgIpc) is 2.89. The van der Waals surface area contributed by atoms with E-state index < -0.39 is 82.5 Å². The van der Waals surface area contributed by atoms with E-state index in [1.807, 2.05) is 0 Å². The number of carbonyl (C=O) groups is 1. The number of esters is 1. The largest absolute Gasteiger partial charge is 0.507 e. The molecule has 1 aliphatic rings. The third-order valence-corrected chi connectivity index (χ3v) is 6.44. The Balaban J connectivity index is 1.53. The fourth-order valence-electron chi connectivity index (χ4n) is 4.44. The summed E-state index contributed by atoms with van der Waals surface area (Å²) in [6, 6.07) is 10.8. The van der Waals surface area contributed by atoms with Crippen LogP contribution in [-0.4, -0.2) is 72.7 Å². The van der Waals surface area contributed by atoms with Crippen molar-refractivity contribution in [3.63, 3.8) is 0 Å². The number of hydrogen-bond donors (Lipinski definition) is 7. The quantitative estimate of drug-likeness (QED) is 0.114. The van der Waals surface area contributed by atoms with Crippen molar-refractivity contribution in [1.82, 2.24) is 0 Å². The van der Waals surface area contributed by atoms with Crippen molar-refractivity contribution < 1.29 is 54.4 Å². The lowest BCUT2D eigenvalue weighted by Gasteiger charge is -2.40. The van der Waals surface area contributed by atoms with Gasteiger partial charge in [-0.25, -0.2) is 4.79 Å². The Morgan fingerprint density at radius 2 is 1.50 bits per heavy atom. The van der Waals surface area contributed by atoms with Gasteiger partial charge >= 0.3 is 5.97 Å². The minimum absolute atomic E-state index is 0.142. The van der Waals surface area contributed by atoms with Gasteiger partial charge in [0.2, 0.25) is 5.43 Å². The highest BCUT2D eigenvalue weighted by atomic mass is 16.6. The van der Waals surface area contributed by atoms with Crippen molar-refractivity contribution >= 4 is 27.9 Å². The lowest BCUT2D eigenvalue weighted by Crippen LogP contribution is -2.55. The first kappa shape index (κ1) is 25.3. The molecule has 38 heavy (non-hydrogen) atoms. The zero-order chi connectivity index (χ0) is 27.3. The maximum absolute atomic E-state index is 13.1. The molecule has 7 N–H and O–H groups in total. The number of carbonyl (C=O) groups excluding carboxylic acids is 1. The molecule has 1 aliphatic heterocycles. The Hall–Kier alpha value is -4.36. The van der Waals surface area contributed by atoms with Crippen LogP contribution in [0, 0.1) is 0 Å². The van der Waals surface area contributed by atoms with Crippen LogP contribution in [0.15, 0.2) is 57.7 Å². The molecular formula is C26H22O12. The van der Waals surface area contributed by atoms with Gasteiger partial charge in [0.1, 0.15) is 65.2 Å². The van der Waals surface area contributed by atoms with Gasteiger partial charge in [-0.1, -0.05) is 18.2 Å². The summed E-state index contributed by atoms with van der Waals surface area (Å²) in [4.78, 5) is 25.5. The third kappa shape index (κ3) is 4.15. The molecule has 0 amide bonds. The Kier molecular flexibility index (Phi) is 6.33. The number of aliphatic hydroxyl groups is 3. The van der Waals surface area contributed by atoms with Gasteiger partial charge < -0.3 is 49.6 Å². The van der Waals surface area contributed by atoms with Crippen molar-refractivity contribution in [1.29, 1.82) is 0 Å². The smallest absolute Gasteiger partial charge is 0.338 e.